The van der Waals surface area contributed by atoms with Crippen LogP contribution >= 0.6 is 12.4 Å². The monoisotopic (exact) mass is 232 g/mol. The molecule has 90 valence electrons. The van der Waals surface area contributed by atoms with Gasteiger partial charge in [0.1, 0.15) is 0 Å². The lowest BCUT2D eigenvalue weighted by atomic mass is 9.79. The van der Waals surface area contributed by atoms with E-state index in [0.29, 0.717) is 5.54 Å². The average molecular weight is 233 g/mol. The lowest BCUT2D eigenvalue weighted by molar-refractivity contribution is 0.0404. The van der Waals surface area contributed by atoms with Gasteiger partial charge < -0.3 is 5.73 Å². The second-order valence-corrected chi connectivity index (χ2v) is 5.04. The first-order chi connectivity index (χ1) is 6.87. The zero-order valence-corrected chi connectivity index (χ0v) is 10.5. The van der Waals surface area contributed by atoms with E-state index in [1.54, 1.807) is 0 Å². The van der Waals surface area contributed by atoms with Crippen LogP contribution in [0.2, 0.25) is 0 Å². The fraction of sp³-hybridized carbons (Fsp3) is 1.00. The van der Waals surface area contributed by atoms with Crippen molar-refractivity contribution in [2.24, 2.45) is 5.73 Å². The summed E-state index contributed by atoms with van der Waals surface area (Å²) in [6, 6.07) is 0. The maximum Gasteiger partial charge on any atom is 0.0331 e. The molecule has 1 aliphatic carbocycles. The SMILES string of the molecule is Cl.NCC1(N2CCCCC2)CCCCC1. The largest absolute Gasteiger partial charge is 0.329 e. The number of nitrogens with two attached hydrogens (primary N) is 1. The van der Waals surface area contributed by atoms with Crippen molar-refractivity contribution in [3.63, 3.8) is 0 Å². The lowest BCUT2D eigenvalue weighted by Crippen LogP contribution is -2.56. The van der Waals surface area contributed by atoms with Gasteiger partial charge in [0.25, 0.3) is 0 Å². The van der Waals surface area contributed by atoms with Crippen LogP contribution in [0.15, 0.2) is 0 Å². The molecule has 3 heteroatoms. The third-order valence-electron chi connectivity index (χ3n) is 4.19. The maximum atomic E-state index is 6.03. The van der Waals surface area contributed by atoms with Crippen molar-refractivity contribution in [2.75, 3.05) is 19.6 Å². The molecule has 2 rings (SSSR count). The first-order valence-corrected chi connectivity index (χ1v) is 6.32. The normalized spacial score (nSPS) is 27.0. The van der Waals surface area contributed by atoms with Gasteiger partial charge in [0.05, 0.1) is 0 Å². The van der Waals surface area contributed by atoms with Crippen LogP contribution < -0.4 is 5.73 Å². The van der Waals surface area contributed by atoms with Gasteiger partial charge >= 0.3 is 0 Å². The van der Waals surface area contributed by atoms with E-state index in [2.05, 4.69) is 4.90 Å². The van der Waals surface area contributed by atoms with E-state index in [0.717, 1.165) is 6.54 Å². The Morgan fingerprint density at radius 2 is 1.40 bits per heavy atom. The highest BCUT2D eigenvalue weighted by Crippen LogP contribution is 2.34. The summed E-state index contributed by atoms with van der Waals surface area (Å²) >= 11 is 0. The molecule has 0 aromatic rings. The zero-order chi connectivity index (χ0) is 9.86. The molecule has 2 N–H and O–H groups in total. The minimum Gasteiger partial charge on any atom is -0.329 e. The molecule has 2 nitrogen and oxygen atoms in total. The molecule has 0 amide bonds. The summed E-state index contributed by atoms with van der Waals surface area (Å²) in [5, 5.41) is 0. The Balaban J connectivity index is 0.00000112. The zero-order valence-electron chi connectivity index (χ0n) is 9.71. The first kappa shape index (κ1) is 13.3. The van der Waals surface area contributed by atoms with Gasteiger partial charge in [0, 0.05) is 12.1 Å². The standard InChI is InChI=1S/C12H24N2.ClH/c13-11-12(7-3-1-4-8-12)14-9-5-2-6-10-14;/h1-11,13H2;1H. The van der Waals surface area contributed by atoms with Gasteiger partial charge in [-0.2, -0.15) is 0 Å². The molecule has 1 saturated carbocycles. The predicted molar refractivity (Wildman–Crippen MR) is 67.5 cm³/mol. The molecule has 1 aliphatic heterocycles. The average Bonchev–Trinajstić information content (AvgIpc) is 2.31. The molecule has 0 radical (unpaired) electrons. The Kier molecular flexibility index (Phi) is 5.37. The number of hydrogen-bond acceptors (Lipinski definition) is 2. The van der Waals surface area contributed by atoms with Crippen molar-refractivity contribution in [3.8, 4) is 0 Å². The number of likely N-dealkylation sites (tertiary alicyclic amines) is 1. The van der Waals surface area contributed by atoms with E-state index in [-0.39, 0.29) is 12.4 Å². The second kappa shape index (κ2) is 6.07. The summed E-state index contributed by atoms with van der Waals surface area (Å²) in [4.78, 5) is 2.70. The van der Waals surface area contributed by atoms with Crippen molar-refractivity contribution in [1.29, 1.82) is 0 Å². The van der Waals surface area contributed by atoms with Crippen molar-refractivity contribution in [3.05, 3.63) is 0 Å². The smallest absolute Gasteiger partial charge is 0.0331 e. The van der Waals surface area contributed by atoms with Crippen LogP contribution in [-0.2, 0) is 0 Å². The van der Waals surface area contributed by atoms with E-state index in [1.165, 1.54) is 64.5 Å². The summed E-state index contributed by atoms with van der Waals surface area (Å²) in [6.45, 7) is 3.49. The van der Waals surface area contributed by atoms with Gasteiger partial charge in [-0.25, -0.2) is 0 Å². The molecule has 0 aromatic heterocycles. The van der Waals surface area contributed by atoms with E-state index in [1.807, 2.05) is 0 Å². The van der Waals surface area contributed by atoms with Crippen LogP contribution in [0.1, 0.15) is 51.4 Å². The third kappa shape index (κ3) is 2.86. The summed E-state index contributed by atoms with van der Waals surface area (Å²) in [7, 11) is 0. The van der Waals surface area contributed by atoms with Crippen LogP contribution in [0.3, 0.4) is 0 Å². The Bertz CT molecular complexity index is 172. The minimum absolute atomic E-state index is 0. The van der Waals surface area contributed by atoms with Crippen molar-refractivity contribution < 1.29 is 0 Å². The fourth-order valence-corrected chi connectivity index (χ4v) is 3.23. The third-order valence-corrected chi connectivity index (χ3v) is 4.19. The molecule has 1 heterocycles. The van der Waals surface area contributed by atoms with E-state index in [9.17, 15) is 0 Å². The Morgan fingerprint density at radius 1 is 0.867 bits per heavy atom. The van der Waals surface area contributed by atoms with Crippen molar-refractivity contribution in [2.45, 2.75) is 56.9 Å². The topological polar surface area (TPSA) is 29.3 Å². The van der Waals surface area contributed by atoms with E-state index < -0.39 is 0 Å². The molecule has 0 unspecified atom stereocenters. The van der Waals surface area contributed by atoms with Gasteiger partial charge in [-0.05, 0) is 38.8 Å². The summed E-state index contributed by atoms with van der Waals surface area (Å²) < 4.78 is 0. The molecule has 0 aromatic carbocycles. The molecule has 0 atom stereocenters. The first-order valence-electron chi connectivity index (χ1n) is 6.32. The Labute approximate surface area is 100.0 Å². The maximum absolute atomic E-state index is 6.03. The summed E-state index contributed by atoms with van der Waals surface area (Å²) in [5.74, 6) is 0. The summed E-state index contributed by atoms with van der Waals surface area (Å²) in [5.41, 5.74) is 6.43. The molecule has 1 saturated heterocycles. The fourth-order valence-electron chi connectivity index (χ4n) is 3.23. The van der Waals surface area contributed by atoms with Gasteiger partial charge in [-0.3, -0.25) is 4.90 Å². The molecule has 15 heavy (non-hydrogen) atoms. The number of nitrogens with zero attached hydrogens (tertiary/aromatic N) is 1. The van der Waals surface area contributed by atoms with Gasteiger partial charge in [0.15, 0.2) is 0 Å². The molecule has 0 spiro atoms. The van der Waals surface area contributed by atoms with Gasteiger partial charge in [-0.1, -0.05) is 25.7 Å². The van der Waals surface area contributed by atoms with Crippen molar-refractivity contribution in [1.82, 2.24) is 4.90 Å². The number of rotatable bonds is 2. The van der Waals surface area contributed by atoms with Crippen LogP contribution in [0.5, 0.6) is 0 Å². The Morgan fingerprint density at radius 3 is 1.93 bits per heavy atom. The predicted octanol–water partition coefficient (Wildman–Crippen LogP) is 2.56. The van der Waals surface area contributed by atoms with Crippen LogP contribution in [0, 0.1) is 0 Å². The second-order valence-electron chi connectivity index (χ2n) is 5.04. The van der Waals surface area contributed by atoms with E-state index >= 15 is 0 Å². The lowest BCUT2D eigenvalue weighted by Gasteiger charge is -2.47. The van der Waals surface area contributed by atoms with Crippen molar-refractivity contribution >= 4 is 12.4 Å². The Hall–Kier alpha value is 0.210. The highest BCUT2D eigenvalue weighted by molar-refractivity contribution is 5.85. The summed E-state index contributed by atoms with van der Waals surface area (Å²) in [6.07, 6.45) is 11.1. The molecule has 2 fully saturated rings. The van der Waals surface area contributed by atoms with Crippen LogP contribution in [0.25, 0.3) is 0 Å². The van der Waals surface area contributed by atoms with Gasteiger partial charge in [0.2, 0.25) is 0 Å². The molecular formula is C12H25ClN2. The highest BCUT2D eigenvalue weighted by atomic mass is 35.5. The number of piperidine rings is 1. The number of halogens is 1. The van der Waals surface area contributed by atoms with Gasteiger partial charge in [-0.15, -0.1) is 12.4 Å². The molecule has 0 bridgehead atoms. The quantitative estimate of drug-likeness (QED) is 0.793. The molecular weight excluding hydrogens is 208 g/mol. The van der Waals surface area contributed by atoms with E-state index in [4.69, 9.17) is 5.73 Å². The minimum atomic E-state index is 0. The van der Waals surface area contributed by atoms with Crippen LogP contribution in [0.4, 0.5) is 0 Å². The highest BCUT2D eigenvalue weighted by Gasteiger charge is 2.36. The van der Waals surface area contributed by atoms with Crippen LogP contribution in [-0.4, -0.2) is 30.1 Å². The number of hydrogen-bond donors (Lipinski definition) is 1. The molecule has 2 aliphatic rings.